The molecule has 1 unspecified atom stereocenters. The molecule has 0 aromatic rings. The number of rotatable bonds is 18. The molecule has 0 spiro atoms. The molecular formula is C23H24F24. The van der Waals surface area contributed by atoms with Gasteiger partial charge in [-0.15, -0.1) is 0 Å². The summed E-state index contributed by atoms with van der Waals surface area (Å²) < 4.78 is 328. The zero-order valence-corrected chi connectivity index (χ0v) is 23.7. The fourth-order valence-corrected chi connectivity index (χ4v) is 4.26. The van der Waals surface area contributed by atoms with Crippen molar-refractivity contribution in [3.8, 4) is 0 Å². The van der Waals surface area contributed by atoms with Crippen LogP contribution in [0, 0.1) is 17.3 Å². The summed E-state index contributed by atoms with van der Waals surface area (Å²) in [5.74, 6) is -82.6. The van der Waals surface area contributed by atoms with E-state index in [1.54, 1.807) is 0 Å². The molecule has 0 aromatic carbocycles. The molecule has 0 saturated heterocycles. The summed E-state index contributed by atoms with van der Waals surface area (Å²) in [6.45, 7) is 3.02. The molecule has 0 aliphatic heterocycles. The highest BCUT2D eigenvalue weighted by Crippen LogP contribution is 2.63. The van der Waals surface area contributed by atoms with Crippen molar-refractivity contribution in [3.63, 3.8) is 0 Å². The lowest BCUT2D eigenvalue weighted by atomic mass is 9.67. The topological polar surface area (TPSA) is 0 Å². The van der Waals surface area contributed by atoms with Crippen molar-refractivity contribution in [2.45, 2.75) is 125 Å². The van der Waals surface area contributed by atoms with Crippen LogP contribution in [0.3, 0.4) is 0 Å². The number of halogens is 24. The van der Waals surface area contributed by atoms with E-state index in [9.17, 15) is 105 Å². The van der Waals surface area contributed by atoms with Gasteiger partial charge in [-0.3, -0.25) is 0 Å². The van der Waals surface area contributed by atoms with Gasteiger partial charge < -0.3 is 0 Å². The molecule has 0 bridgehead atoms. The average Bonchev–Trinajstić information content (AvgIpc) is 2.86. The van der Waals surface area contributed by atoms with Crippen molar-refractivity contribution in [2.24, 2.45) is 17.3 Å². The maximum Gasteiger partial charge on any atom is 0.384 e. The van der Waals surface area contributed by atoms with Crippen LogP contribution >= 0.6 is 0 Å². The van der Waals surface area contributed by atoms with Gasteiger partial charge in [-0.25, -0.2) is 17.6 Å². The SMILES string of the molecule is CCC(C)CC(C)(C)C(CC(F)(F)C(F)(F)C(F)(F)C(F)(F)C(F)(F)C(F)F)CC(F)(F)C(F)(F)C(F)(F)C(F)(F)C(F)(F)C(F)F. The molecule has 0 aliphatic carbocycles. The van der Waals surface area contributed by atoms with Crippen molar-refractivity contribution < 1.29 is 105 Å². The van der Waals surface area contributed by atoms with Crippen LogP contribution in [0.25, 0.3) is 0 Å². The Labute approximate surface area is 249 Å². The largest absolute Gasteiger partial charge is 0.384 e. The molecular weight excluding hydrogens is 732 g/mol. The first-order valence-electron chi connectivity index (χ1n) is 12.5. The summed E-state index contributed by atoms with van der Waals surface area (Å²) in [4.78, 5) is 0. The second-order valence-electron chi connectivity index (χ2n) is 11.5. The Bertz CT molecular complexity index is 972. The van der Waals surface area contributed by atoms with E-state index in [0.29, 0.717) is 13.8 Å². The van der Waals surface area contributed by atoms with E-state index >= 15 is 0 Å². The van der Waals surface area contributed by atoms with Crippen LogP contribution in [-0.2, 0) is 0 Å². The lowest BCUT2D eigenvalue weighted by Crippen LogP contribution is -2.69. The molecule has 0 amide bonds. The number of hydrogen-bond acceptors (Lipinski definition) is 0. The number of alkyl halides is 24. The molecule has 24 heteroatoms. The van der Waals surface area contributed by atoms with Crippen LogP contribution in [0.15, 0.2) is 0 Å². The maximum atomic E-state index is 14.7. The quantitative estimate of drug-likeness (QED) is 0.122. The van der Waals surface area contributed by atoms with Gasteiger partial charge in [0.15, 0.2) is 0 Å². The first-order chi connectivity index (χ1) is 20.2. The summed E-state index contributed by atoms with van der Waals surface area (Å²) in [7, 11) is 0. The zero-order chi connectivity index (χ0) is 38.6. The Hall–Kier alpha value is -1.68. The van der Waals surface area contributed by atoms with Crippen molar-refractivity contribution >= 4 is 0 Å². The Balaban J connectivity index is 7.31. The molecule has 0 radical (unpaired) electrons. The van der Waals surface area contributed by atoms with Crippen molar-refractivity contribution in [2.75, 3.05) is 0 Å². The molecule has 0 fully saturated rings. The maximum absolute atomic E-state index is 14.7. The van der Waals surface area contributed by atoms with Gasteiger partial charge >= 0.3 is 72.1 Å². The van der Waals surface area contributed by atoms with Gasteiger partial charge in [0.05, 0.1) is 0 Å². The van der Waals surface area contributed by atoms with Crippen molar-refractivity contribution in [1.82, 2.24) is 0 Å². The predicted molar refractivity (Wildman–Crippen MR) is 112 cm³/mol. The van der Waals surface area contributed by atoms with Gasteiger partial charge in [-0.05, 0) is 23.7 Å². The third-order valence-corrected chi connectivity index (χ3v) is 7.56. The Kier molecular flexibility index (Phi) is 12.4. The van der Waals surface area contributed by atoms with Crippen LogP contribution < -0.4 is 0 Å². The van der Waals surface area contributed by atoms with Gasteiger partial charge in [0.1, 0.15) is 0 Å². The van der Waals surface area contributed by atoms with Gasteiger partial charge in [0.2, 0.25) is 0 Å². The molecule has 0 nitrogen and oxygen atoms in total. The van der Waals surface area contributed by atoms with Gasteiger partial charge in [0.25, 0.3) is 0 Å². The van der Waals surface area contributed by atoms with Crippen LogP contribution in [0.4, 0.5) is 105 Å². The summed E-state index contributed by atoms with van der Waals surface area (Å²) in [5.41, 5.74) is -2.77. The second-order valence-corrected chi connectivity index (χ2v) is 11.5. The van der Waals surface area contributed by atoms with E-state index in [1.165, 1.54) is 6.92 Å². The van der Waals surface area contributed by atoms with Crippen molar-refractivity contribution in [3.05, 3.63) is 0 Å². The van der Waals surface area contributed by atoms with Crippen LogP contribution in [-0.4, -0.2) is 72.1 Å². The third kappa shape index (κ3) is 7.16. The van der Waals surface area contributed by atoms with Gasteiger partial charge in [0, 0.05) is 12.8 Å². The van der Waals surface area contributed by atoms with Gasteiger partial charge in [-0.1, -0.05) is 34.1 Å². The molecule has 0 rings (SSSR count). The van der Waals surface area contributed by atoms with Crippen LogP contribution in [0.1, 0.15) is 53.4 Å². The minimum Gasteiger partial charge on any atom is -0.203 e. The van der Waals surface area contributed by atoms with Crippen molar-refractivity contribution in [1.29, 1.82) is 0 Å². The molecule has 0 heterocycles. The standard InChI is InChI=1S/C23H24F24/c1-5-9(2)6-13(3,4)10(7-14(28,29)18(36,37)22(44,45)20(40,41)16(32,33)11(24)25)8-15(30,31)19(38,39)23(46,47)21(42,43)17(34,35)12(26)27/h9-12H,5-8H2,1-4H3. The van der Waals surface area contributed by atoms with E-state index in [0.717, 1.165) is 6.92 Å². The smallest absolute Gasteiger partial charge is 0.203 e. The Morgan fingerprint density at radius 1 is 0.404 bits per heavy atom. The van der Waals surface area contributed by atoms with Gasteiger partial charge in [-0.2, -0.15) is 87.8 Å². The fraction of sp³-hybridized carbons (Fsp3) is 1.00. The lowest BCUT2D eigenvalue weighted by molar-refractivity contribution is -0.418. The highest BCUT2D eigenvalue weighted by molar-refractivity contribution is 5.12. The van der Waals surface area contributed by atoms with Crippen LogP contribution in [0.5, 0.6) is 0 Å². The molecule has 284 valence electrons. The highest BCUT2D eigenvalue weighted by atomic mass is 19.4. The summed E-state index contributed by atoms with van der Waals surface area (Å²) in [6.07, 6.45) is -20.2. The fourth-order valence-electron chi connectivity index (χ4n) is 4.26. The molecule has 1 atom stereocenters. The zero-order valence-electron chi connectivity index (χ0n) is 23.7. The second kappa shape index (κ2) is 12.9. The minimum absolute atomic E-state index is 0.157. The predicted octanol–water partition coefficient (Wildman–Crippen LogP) is 11.7. The summed E-state index contributed by atoms with van der Waals surface area (Å²) in [5, 5.41) is 0. The number of hydrogen-bond donors (Lipinski definition) is 0. The van der Waals surface area contributed by atoms with E-state index in [-0.39, 0.29) is 6.42 Å². The highest BCUT2D eigenvalue weighted by Gasteiger charge is 2.89. The molecule has 47 heavy (non-hydrogen) atoms. The minimum atomic E-state index is -8.24. The molecule has 0 saturated carbocycles. The first-order valence-corrected chi connectivity index (χ1v) is 12.5. The monoisotopic (exact) mass is 756 g/mol. The van der Waals surface area contributed by atoms with Crippen LogP contribution in [0.2, 0.25) is 0 Å². The van der Waals surface area contributed by atoms with E-state index in [1.807, 2.05) is 0 Å². The summed E-state index contributed by atoms with van der Waals surface area (Å²) >= 11 is 0. The average molecular weight is 756 g/mol. The third-order valence-electron chi connectivity index (χ3n) is 7.56. The van der Waals surface area contributed by atoms with E-state index < -0.39 is 109 Å². The lowest BCUT2D eigenvalue weighted by Gasteiger charge is -2.45. The summed E-state index contributed by atoms with van der Waals surface area (Å²) in [6, 6.07) is 0. The molecule has 0 N–H and O–H groups in total. The molecule has 0 aromatic heterocycles. The van der Waals surface area contributed by atoms with E-state index in [4.69, 9.17) is 0 Å². The Morgan fingerprint density at radius 3 is 0.872 bits per heavy atom. The first kappa shape index (κ1) is 45.3. The normalized spacial score (nSPS) is 16.9. The Morgan fingerprint density at radius 2 is 0.660 bits per heavy atom. The molecule has 0 aliphatic rings. The van der Waals surface area contributed by atoms with E-state index in [2.05, 4.69) is 0 Å².